The van der Waals surface area contributed by atoms with Gasteiger partial charge in [0.25, 0.3) is 0 Å². The predicted molar refractivity (Wildman–Crippen MR) is 72.7 cm³/mol. The third-order valence-electron chi connectivity index (χ3n) is 3.27. The molecule has 3 N–H and O–H groups in total. The highest BCUT2D eigenvalue weighted by atomic mass is 19.4. The van der Waals surface area contributed by atoms with Crippen LogP contribution in [0.2, 0.25) is 0 Å². The van der Waals surface area contributed by atoms with Crippen molar-refractivity contribution in [3.63, 3.8) is 0 Å². The van der Waals surface area contributed by atoms with Gasteiger partial charge >= 0.3 is 6.18 Å². The van der Waals surface area contributed by atoms with Crippen molar-refractivity contribution in [1.29, 1.82) is 0 Å². The fraction of sp³-hybridized carbons (Fsp3) is 0.643. The van der Waals surface area contributed by atoms with Crippen LogP contribution in [0.4, 0.5) is 13.2 Å². The van der Waals surface area contributed by atoms with E-state index in [4.69, 9.17) is 5.84 Å². The van der Waals surface area contributed by atoms with Crippen LogP contribution in [0.1, 0.15) is 62.7 Å². The standard InChI is InChI=1S/C14H22F3N3/c1-2-3-4-5-6-7-13(20-18)12-9-8-11(10-19-12)14(15,16)17/h8-10,13,20H,2-7,18H2,1H3. The maximum atomic E-state index is 12.4. The lowest BCUT2D eigenvalue weighted by Gasteiger charge is -2.16. The molecule has 3 nitrogen and oxygen atoms in total. The van der Waals surface area contributed by atoms with E-state index < -0.39 is 11.7 Å². The quantitative estimate of drug-likeness (QED) is 0.432. The molecule has 0 aromatic carbocycles. The second-order valence-electron chi connectivity index (χ2n) is 4.89. The predicted octanol–water partition coefficient (Wildman–Crippen LogP) is 3.97. The number of unbranched alkanes of at least 4 members (excludes halogenated alkanes) is 4. The summed E-state index contributed by atoms with van der Waals surface area (Å²) in [6.07, 6.45) is 2.93. The van der Waals surface area contributed by atoms with Gasteiger partial charge in [0.1, 0.15) is 0 Å². The van der Waals surface area contributed by atoms with Gasteiger partial charge in [-0.2, -0.15) is 13.2 Å². The summed E-state index contributed by atoms with van der Waals surface area (Å²) in [5.74, 6) is 5.46. The molecule has 1 unspecified atom stereocenters. The van der Waals surface area contributed by atoms with Gasteiger partial charge in [-0.25, -0.2) is 0 Å². The number of nitrogens with two attached hydrogens (primary N) is 1. The van der Waals surface area contributed by atoms with E-state index in [1.165, 1.54) is 25.3 Å². The largest absolute Gasteiger partial charge is 0.417 e. The van der Waals surface area contributed by atoms with Crippen LogP contribution in [0.25, 0.3) is 0 Å². The first-order valence-electron chi connectivity index (χ1n) is 6.98. The highest BCUT2D eigenvalue weighted by Crippen LogP contribution is 2.29. The molecule has 0 aliphatic rings. The van der Waals surface area contributed by atoms with Crippen molar-refractivity contribution in [2.24, 2.45) is 5.84 Å². The molecule has 20 heavy (non-hydrogen) atoms. The van der Waals surface area contributed by atoms with Crippen molar-refractivity contribution >= 4 is 0 Å². The zero-order valence-corrected chi connectivity index (χ0v) is 11.7. The second kappa shape index (κ2) is 8.21. The van der Waals surface area contributed by atoms with E-state index in [2.05, 4.69) is 17.3 Å². The van der Waals surface area contributed by atoms with Crippen LogP contribution in [-0.2, 0) is 6.18 Å². The summed E-state index contributed by atoms with van der Waals surface area (Å²) >= 11 is 0. The van der Waals surface area contributed by atoms with E-state index in [0.717, 1.165) is 31.5 Å². The zero-order valence-electron chi connectivity index (χ0n) is 11.7. The van der Waals surface area contributed by atoms with Crippen LogP contribution in [0.3, 0.4) is 0 Å². The fourth-order valence-corrected chi connectivity index (χ4v) is 2.05. The third kappa shape index (κ3) is 5.46. The van der Waals surface area contributed by atoms with Gasteiger partial charge < -0.3 is 0 Å². The molecular formula is C14H22F3N3. The summed E-state index contributed by atoms with van der Waals surface area (Å²) in [6.45, 7) is 2.15. The van der Waals surface area contributed by atoms with E-state index in [1.807, 2.05) is 0 Å². The van der Waals surface area contributed by atoms with E-state index in [0.29, 0.717) is 5.69 Å². The zero-order chi connectivity index (χ0) is 15.0. The van der Waals surface area contributed by atoms with Crippen molar-refractivity contribution < 1.29 is 13.2 Å². The molecule has 0 bridgehead atoms. The Bertz CT molecular complexity index is 376. The summed E-state index contributed by atoms with van der Waals surface area (Å²) in [7, 11) is 0. The van der Waals surface area contributed by atoms with E-state index in [9.17, 15) is 13.2 Å². The van der Waals surface area contributed by atoms with Gasteiger partial charge in [-0.1, -0.05) is 39.0 Å². The minimum absolute atomic E-state index is 0.195. The molecule has 114 valence electrons. The van der Waals surface area contributed by atoms with Gasteiger partial charge in [0.05, 0.1) is 17.3 Å². The van der Waals surface area contributed by atoms with E-state index in [1.54, 1.807) is 0 Å². The molecule has 0 aliphatic heterocycles. The van der Waals surface area contributed by atoms with Crippen LogP contribution in [0, 0.1) is 0 Å². The van der Waals surface area contributed by atoms with Gasteiger partial charge in [-0.3, -0.25) is 16.3 Å². The number of rotatable bonds is 8. The molecule has 0 aliphatic carbocycles. The number of pyridine rings is 1. The minimum atomic E-state index is -4.35. The Labute approximate surface area is 117 Å². The normalized spacial score (nSPS) is 13.4. The van der Waals surface area contributed by atoms with Crippen LogP contribution in [-0.4, -0.2) is 4.98 Å². The molecule has 6 heteroatoms. The average Bonchev–Trinajstić information content (AvgIpc) is 2.42. The Balaban J connectivity index is 2.53. The first kappa shape index (κ1) is 16.9. The van der Waals surface area contributed by atoms with Crippen LogP contribution in [0.15, 0.2) is 18.3 Å². The fourth-order valence-electron chi connectivity index (χ4n) is 2.05. The highest BCUT2D eigenvalue weighted by Gasteiger charge is 2.30. The molecule has 0 radical (unpaired) electrons. The van der Waals surface area contributed by atoms with Crippen molar-refractivity contribution in [3.05, 3.63) is 29.6 Å². The molecule has 1 atom stereocenters. The smallest absolute Gasteiger partial charge is 0.271 e. The van der Waals surface area contributed by atoms with Crippen molar-refractivity contribution in [3.8, 4) is 0 Å². The Morgan fingerprint density at radius 1 is 1.20 bits per heavy atom. The van der Waals surface area contributed by atoms with Gasteiger partial charge in [-0.15, -0.1) is 0 Å². The molecule has 1 rings (SSSR count). The number of nitrogens with zero attached hydrogens (tertiary/aromatic N) is 1. The lowest BCUT2D eigenvalue weighted by Crippen LogP contribution is -2.28. The average molecular weight is 289 g/mol. The van der Waals surface area contributed by atoms with E-state index >= 15 is 0 Å². The van der Waals surface area contributed by atoms with Gasteiger partial charge in [-0.05, 0) is 18.6 Å². The number of hydrazine groups is 1. The van der Waals surface area contributed by atoms with Gasteiger partial charge in [0.15, 0.2) is 0 Å². The number of hydrogen-bond acceptors (Lipinski definition) is 3. The molecule has 0 fully saturated rings. The monoisotopic (exact) mass is 289 g/mol. The Hall–Kier alpha value is -1.14. The van der Waals surface area contributed by atoms with Crippen LogP contribution >= 0.6 is 0 Å². The third-order valence-corrected chi connectivity index (χ3v) is 3.27. The van der Waals surface area contributed by atoms with Gasteiger partial charge in [0.2, 0.25) is 0 Å². The lowest BCUT2D eigenvalue weighted by molar-refractivity contribution is -0.137. The SMILES string of the molecule is CCCCCCCC(NN)c1ccc(C(F)(F)F)cn1. The minimum Gasteiger partial charge on any atom is -0.271 e. The van der Waals surface area contributed by atoms with E-state index in [-0.39, 0.29) is 6.04 Å². The molecule has 1 heterocycles. The number of halogens is 3. The molecule has 0 amide bonds. The number of hydrogen-bond donors (Lipinski definition) is 2. The molecule has 1 aromatic heterocycles. The summed E-state index contributed by atoms with van der Waals surface area (Å²) in [5.41, 5.74) is 2.44. The van der Waals surface area contributed by atoms with Crippen molar-refractivity contribution in [2.45, 2.75) is 57.7 Å². The number of aromatic nitrogens is 1. The summed E-state index contributed by atoms with van der Waals surface area (Å²) in [6, 6.07) is 2.24. The topological polar surface area (TPSA) is 50.9 Å². The molecule has 0 saturated carbocycles. The Morgan fingerprint density at radius 2 is 1.90 bits per heavy atom. The Morgan fingerprint density at radius 3 is 2.40 bits per heavy atom. The summed E-state index contributed by atoms with van der Waals surface area (Å²) in [5, 5.41) is 0. The first-order valence-corrected chi connectivity index (χ1v) is 6.98. The second-order valence-corrected chi connectivity index (χ2v) is 4.89. The number of alkyl halides is 3. The molecule has 0 spiro atoms. The van der Waals surface area contributed by atoms with Crippen molar-refractivity contribution in [1.82, 2.24) is 10.4 Å². The van der Waals surface area contributed by atoms with Gasteiger partial charge in [0, 0.05) is 6.20 Å². The summed E-state index contributed by atoms with van der Waals surface area (Å²) < 4.78 is 37.3. The first-order chi connectivity index (χ1) is 9.49. The molecule has 1 aromatic rings. The highest BCUT2D eigenvalue weighted by molar-refractivity contribution is 5.18. The number of nitrogens with one attached hydrogen (secondary N) is 1. The maximum absolute atomic E-state index is 12.4. The maximum Gasteiger partial charge on any atom is 0.417 e. The molecule has 0 saturated heterocycles. The molecular weight excluding hydrogens is 267 g/mol. The summed E-state index contributed by atoms with van der Waals surface area (Å²) in [4.78, 5) is 3.87. The van der Waals surface area contributed by atoms with Crippen LogP contribution in [0.5, 0.6) is 0 Å². The van der Waals surface area contributed by atoms with Crippen LogP contribution < -0.4 is 11.3 Å². The Kier molecular flexibility index (Phi) is 6.95. The lowest BCUT2D eigenvalue weighted by atomic mass is 10.0. The van der Waals surface area contributed by atoms with Crippen molar-refractivity contribution in [2.75, 3.05) is 0 Å².